The van der Waals surface area contributed by atoms with Gasteiger partial charge in [0.2, 0.25) is 5.28 Å². The van der Waals surface area contributed by atoms with Gasteiger partial charge < -0.3 is 0 Å². The zero-order valence-electron chi connectivity index (χ0n) is 10.7. The van der Waals surface area contributed by atoms with Gasteiger partial charge in [-0.3, -0.25) is 0 Å². The SMILES string of the molecule is Clc1cc(-c2ccccc2)cc(-c2nc(Cl)ncc2Cl)c1. The molecule has 1 aromatic heterocycles. The Morgan fingerprint density at radius 3 is 2.24 bits per heavy atom. The van der Waals surface area contributed by atoms with E-state index in [2.05, 4.69) is 9.97 Å². The smallest absolute Gasteiger partial charge is 0.222 e. The van der Waals surface area contributed by atoms with Gasteiger partial charge in [-0.2, -0.15) is 0 Å². The van der Waals surface area contributed by atoms with Gasteiger partial charge in [0.15, 0.2) is 0 Å². The molecule has 0 amide bonds. The summed E-state index contributed by atoms with van der Waals surface area (Å²) in [5.41, 5.74) is 3.42. The van der Waals surface area contributed by atoms with Gasteiger partial charge in [-0.1, -0.05) is 53.5 Å². The highest BCUT2D eigenvalue weighted by atomic mass is 35.5. The lowest BCUT2D eigenvalue weighted by Crippen LogP contribution is -1.90. The standard InChI is InChI=1S/C16H9Cl3N2/c17-13-7-11(10-4-2-1-3-5-10)6-12(8-13)15-14(18)9-20-16(19)21-15/h1-9H. The molecule has 0 aliphatic carbocycles. The van der Waals surface area contributed by atoms with Crippen molar-refractivity contribution in [1.29, 1.82) is 0 Å². The van der Waals surface area contributed by atoms with Crippen molar-refractivity contribution in [3.05, 3.63) is 70.1 Å². The van der Waals surface area contributed by atoms with Crippen molar-refractivity contribution in [1.82, 2.24) is 9.97 Å². The Labute approximate surface area is 137 Å². The monoisotopic (exact) mass is 334 g/mol. The lowest BCUT2D eigenvalue weighted by Gasteiger charge is -2.08. The average Bonchev–Trinajstić information content (AvgIpc) is 2.50. The molecule has 0 unspecified atom stereocenters. The first-order chi connectivity index (χ1) is 10.1. The van der Waals surface area contributed by atoms with Gasteiger partial charge in [0.1, 0.15) is 0 Å². The predicted molar refractivity (Wildman–Crippen MR) is 87.9 cm³/mol. The number of rotatable bonds is 2. The summed E-state index contributed by atoms with van der Waals surface area (Å²) in [7, 11) is 0. The number of aromatic nitrogens is 2. The second-order valence-corrected chi connectivity index (χ2v) is 5.61. The van der Waals surface area contributed by atoms with E-state index in [4.69, 9.17) is 34.8 Å². The van der Waals surface area contributed by atoms with E-state index >= 15 is 0 Å². The van der Waals surface area contributed by atoms with Crippen LogP contribution in [0.3, 0.4) is 0 Å². The fourth-order valence-electron chi connectivity index (χ4n) is 2.07. The van der Waals surface area contributed by atoms with E-state index in [0.29, 0.717) is 15.7 Å². The molecule has 0 fully saturated rings. The van der Waals surface area contributed by atoms with Crippen LogP contribution in [0, 0.1) is 0 Å². The lowest BCUT2D eigenvalue weighted by molar-refractivity contribution is 1.17. The molecule has 2 aromatic carbocycles. The van der Waals surface area contributed by atoms with Crippen LogP contribution in [-0.2, 0) is 0 Å². The van der Waals surface area contributed by atoms with Crippen LogP contribution in [-0.4, -0.2) is 9.97 Å². The molecule has 0 aliphatic rings. The molecule has 2 nitrogen and oxygen atoms in total. The highest BCUT2D eigenvalue weighted by Crippen LogP contribution is 2.32. The summed E-state index contributed by atoms with van der Waals surface area (Å²) in [6, 6.07) is 15.6. The summed E-state index contributed by atoms with van der Waals surface area (Å²) >= 11 is 18.2. The summed E-state index contributed by atoms with van der Waals surface area (Å²) in [6.07, 6.45) is 1.48. The van der Waals surface area contributed by atoms with E-state index in [1.165, 1.54) is 6.20 Å². The third-order valence-corrected chi connectivity index (χ3v) is 3.67. The normalized spacial score (nSPS) is 10.6. The van der Waals surface area contributed by atoms with Crippen molar-refractivity contribution >= 4 is 34.8 Å². The number of nitrogens with zero attached hydrogens (tertiary/aromatic N) is 2. The van der Waals surface area contributed by atoms with Crippen LogP contribution >= 0.6 is 34.8 Å². The molecular formula is C16H9Cl3N2. The highest BCUT2D eigenvalue weighted by molar-refractivity contribution is 6.34. The molecular weight excluding hydrogens is 327 g/mol. The van der Waals surface area contributed by atoms with E-state index in [1.807, 2.05) is 42.5 Å². The van der Waals surface area contributed by atoms with Crippen molar-refractivity contribution < 1.29 is 0 Å². The zero-order valence-corrected chi connectivity index (χ0v) is 13.0. The Hall–Kier alpha value is -1.61. The molecule has 0 saturated heterocycles. The van der Waals surface area contributed by atoms with Gasteiger partial charge in [-0.05, 0) is 40.9 Å². The van der Waals surface area contributed by atoms with Gasteiger partial charge in [-0.25, -0.2) is 9.97 Å². The van der Waals surface area contributed by atoms with Gasteiger partial charge in [0.05, 0.1) is 16.9 Å². The van der Waals surface area contributed by atoms with Crippen LogP contribution in [0.4, 0.5) is 0 Å². The predicted octanol–water partition coefficient (Wildman–Crippen LogP) is 5.77. The summed E-state index contributed by atoms with van der Waals surface area (Å²) in [4.78, 5) is 8.04. The number of hydrogen-bond acceptors (Lipinski definition) is 2. The Balaban J connectivity index is 2.16. The average molecular weight is 336 g/mol. The number of benzene rings is 2. The third kappa shape index (κ3) is 3.18. The first-order valence-electron chi connectivity index (χ1n) is 6.18. The van der Waals surface area contributed by atoms with Crippen molar-refractivity contribution in [2.24, 2.45) is 0 Å². The van der Waals surface area contributed by atoms with E-state index in [1.54, 1.807) is 6.07 Å². The topological polar surface area (TPSA) is 25.8 Å². The van der Waals surface area contributed by atoms with E-state index < -0.39 is 0 Å². The molecule has 0 radical (unpaired) electrons. The van der Waals surface area contributed by atoms with Crippen LogP contribution in [0.2, 0.25) is 15.3 Å². The van der Waals surface area contributed by atoms with Crippen molar-refractivity contribution in [2.45, 2.75) is 0 Å². The molecule has 21 heavy (non-hydrogen) atoms. The van der Waals surface area contributed by atoms with Crippen LogP contribution in [0.5, 0.6) is 0 Å². The number of halogens is 3. The Morgan fingerprint density at radius 1 is 0.762 bits per heavy atom. The second kappa shape index (κ2) is 6.02. The maximum absolute atomic E-state index is 6.22. The third-order valence-electron chi connectivity index (χ3n) is 2.99. The molecule has 5 heteroatoms. The number of hydrogen-bond donors (Lipinski definition) is 0. The van der Waals surface area contributed by atoms with Crippen molar-refractivity contribution in [3.8, 4) is 22.4 Å². The van der Waals surface area contributed by atoms with Gasteiger partial charge in [0.25, 0.3) is 0 Å². The van der Waals surface area contributed by atoms with Crippen molar-refractivity contribution in [3.63, 3.8) is 0 Å². The van der Waals surface area contributed by atoms with Crippen LogP contribution < -0.4 is 0 Å². The fraction of sp³-hybridized carbons (Fsp3) is 0. The van der Waals surface area contributed by atoms with E-state index in [0.717, 1.165) is 16.7 Å². The molecule has 0 aliphatic heterocycles. The maximum Gasteiger partial charge on any atom is 0.222 e. The Bertz CT molecular complexity index is 789. The quantitative estimate of drug-likeness (QED) is 0.555. The van der Waals surface area contributed by atoms with E-state index in [9.17, 15) is 0 Å². The first-order valence-corrected chi connectivity index (χ1v) is 7.31. The van der Waals surface area contributed by atoms with Gasteiger partial charge in [-0.15, -0.1) is 0 Å². The molecule has 1 heterocycles. The molecule has 0 saturated carbocycles. The molecule has 3 aromatic rings. The van der Waals surface area contributed by atoms with Gasteiger partial charge >= 0.3 is 0 Å². The largest absolute Gasteiger partial charge is 0.225 e. The maximum atomic E-state index is 6.22. The summed E-state index contributed by atoms with van der Waals surface area (Å²) in [5.74, 6) is 0. The Morgan fingerprint density at radius 2 is 1.48 bits per heavy atom. The minimum absolute atomic E-state index is 0.149. The van der Waals surface area contributed by atoms with Crippen LogP contribution in [0.25, 0.3) is 22.4 Å². The highest BCUT2D eigenvalue weighted by Gasteiger charge is 2.10. The van der Waals surface area contributed by atoms with Crippen LogP contribution in [0.15, 0.2) is 54.7 Å². The molecule has 0 atom stereocenters. The minimum atomic E-state index is 0.149. The van der Waals surface area contributed by atoms with Gasteiger partial charge in [0, 0.05) is 10.6 Å². The molecule has 0 spiro atoms. The zero-order chi connectivity index (χ0) is 14.8. The fourth-order valence-corrected chi connectivity index (χ4v) is 2.64. The lowest BCUT2D eigenvalue weighted by atomic mass is 10.0. The molecule has 3 rings (SSSR count). The Kier molecular flexibility index (Phi) is 4.11. The summed E-state index contributed by atoms with van der Waals surface area (Å²) < 4.78 is 0. The van der Waals surface area contributed by atoms with Crippen molar-refractivity contribution in [2.75, 3.05) is 0 Å². The van der Waals surface area contributed by atoms with Crippen LogP contribution in [0.1, 0.15) is 0 Å². The summed E-state index contributed by atoms with van der Waals surface area (Å²) in [5, 5.41) is 1.19. The minimum Gasteiger partial charge on any atom is -0.225 e. The van der Waals surface area contributed by atoms with E-state index in [-0.39, 0.29) is 5.28 Å². The molecule has 0 N–H and O–H groups in total. The summed E-state index contributed by atoms with van der Waals surface area (Å²) in [6.45, 7) is 0. The molecule has 104 valence electrons. The molecule has 0 bridgehead atoms. The second-order valence-electron chi connectivity index (χ2n) is 4.43. The first kappa shape index (κ1) is 14.3.